The maximum Gasteiger partial charge on any atom is 0 e. The van der Waals surface area contributed by atoms with E-state index in [0.717, 1.165) is 44.5 Å². The van der Waals surface area contributed by atoms with Crippen LogP contribution >= 0.6 is 0 Å². The Morgan fingerprint density at radius 1 is 0.733 bits per heavy atom. The van der Waals surface area contributed by atoms with Crippen LogP contribution in [-0.2, 0) is 20.1 Å². The van der Waals surface area contributed by atoms with E-state index in [1.807, 2.05) is 60.9 Å². The standard InChI is InChI=1S/C26H20NO.C14H16GeN.Ir/c1-17(2)19-14-15-27-23(16-19)21-11-6-12-22-25-20(18-8-4-3-5-9-18)10-7-13-24(25)28-26(21)22;1-15(2,3)13-9-10-14(16-11-13)12-7-5-4-6-8-12;/h3-10,12-17H,1-2H3;4-7,9-11H,1-3H3;/q2*-1;. The fourth-order valence-corrected chi connectivity index (χ4v) is 7.50. The summed E-state index contributed by atoms with van der Waals surface area (Å²) in [6.45, 7) is 4.38. The minimum absolute atomic E-state index is 0. The van der Waals surface area contributed by atoms with Crippen LogP contribution in [0, 0.1) is 12.1 Å². The second-order valence-corrected chi connectivity index (χ2v) is 23.0. The van der Waals surface area contributed by atoms with Crippen LogP contribution in [0.25, 0.3) is 55.6 Å². The van der Waals surface area contributed by atoms with Gasteiger partial charge < -0.3 is 9.40 Å². The summed E-state index contributed by atoms with van der Waals surface area (Å²) in [4.78, 5) is 9.13. The smallest absolute Gasteiger partial charge is 0 e. The molecular formula is C40H36GeIrN2O-2. The van der Waals surface area contributed by atoms with E-state index < -0.39 is 13.3 Å². The topological polar surface area (TPSA) is 38.9 Å². The molecule has 0 atom stereocenters. The summed E-state index contributed by atoms with van der Waals surface area (Å²) in [5.41, 5.74) is 9.24. The Morgan fingerprint density at radius 3 is 2.22 bits per heavy atom. The quantitative estimate of drug-likeness (QED) is 0.128. The SMILES string of the molecule is CC(C)c1ccnc(-c2[c-]ccc3c2oc2cccc(-c4ccccc4)c23)c1.[CH3][Ge]([CH3])([CH3])[c]1ccc(-c2[c-]cccc2)nc1.[Ir]. The van der Waals surface area contributed by atoms with Gasteiger partial charge >= 0.3 is 99.8 Å². The molecule has 7 rings (SSSR count). The number of fused-ring (bicyclic) bond motifs is 3. The van der Waals surface area contributed by atoms with Crippen molar-refractivity contribution in [3.63, 3.8) is 0 Å². The van der Waals surface area contributed by atoms with Gasteiger partial charge in [-0.2, -0.15) is 0 Å². The first-order valence-corrected chi connectivity index (χ1v) is 22.4. The van der Waals surface area contributed by atoms with E-state index in [2.05, 4.69) is 114 Å². The molecule has 0 fully saturated rings. The fourth-order valence-electron chi connectivity index (χ4n) is 5.33. The molecule has 0 N–H and O–H groups in total. The molecular weight excluding hydrogens is 789 g/mol. The zero-order valence-corrected chi connectivity index (χ0v) is 30.8. The van der Waals surface area contributed by atoms with E-state index in [0.29, 0.717) is 5.92 Å². The van der Waals surface area contributed by atoms with Crippen LogP contribution in [0.3, 0.4) is 0 Å². The Morgan fingerprint density at radius 2 is 1.53 bits per heavy atom. The molecule has 0 saturated carbocycles. The van der Waals surface area contributed by atoms with Gasteiger partial charge in [0, 0.05) is 31.7 Å². The Labute approximate surface area is 282 Å². The molecule has 0 amide bonds. The Balaban J connectivity index is 0.000000202. The average Bonchev–Trinajstić information content (AvgIpc) is 3.45. The molecule has 0 aliphatic carbocycles. The summed E-state index contributed by atoms with van der Waals surface area (Å²) in [6.07, 6.45) is 3.91. The summed E-state index contributed by atoms with van der Waals surface area (Å²) in [5, 5.41) is 2.24. The molecule has 4 aromatic carbocycles. The summed E-state index contributed by atoms with van der Waals surface area (Å²) in [5.74, 6) is 7.59. The van der Waals surface area contributed by atoms with Gasteiger partial charge in [0.05, 0.1) is 5.58 Å². The van der Waals surface area contributed by atoms with Crippen molar-refractivity contribution >= 4 is 39.6 Å². The Bertz CT molecular complexity index is 2010. The van der Waals surface area contributed by atoms with Crippen molar-refractivity contribution in [2.75, 3.05) is 0 Å². The predicted molar refractivity (Wildman–Crippen MR) is 187 cm³/mol. The first-order valence-electron chi connectivity index (χ1n) is 15.1. The predicted octanol–water partition coefficient (Wildman–Crippen LogP) is 10.3. The fraction of sp³-hybridized carbons (Fsp3) is 0.150. The van der Waals surface area contributed by atoms with Crippen LogP contribution in [0.15, 0.2) is 126 Å². The zero-order chi connectivity index (χ0) is 30.7. The van der Waals surface area contributed by atoms with E-state index in [9.17, 15) is 0 Å². The number of pyridine rings is 2. The monoisotopic (exact) mass is 827 g/mol. The third-order valence-corrected chi connectivity index (χ3v) is 12.1. The van der Waals surface area contributed by atoms with Gasteiger partial charge in [-0.1, -0.05) is 78.9 Å². The van der Waals surface area contributed by atoms with Gasteiger partial charge in [-0.25, -0.2) is 0 Å². The van der Waals surface area contributed by atoms with Gasteiger partial charge in [0.25, 0.3) is 0 Å². The minimum atomic E-state index is -1.72. The van der Waals surface area contributed by atoms with Crippen LogP contribution in [-0.4, -0.2) is 23.2 Å². The molecule has 5 heteroatoms. The van der Waals surface area contributed by atoms with Crippen molar-refractivity contribution in [2.45, 2.75) is 37.0 Å². The summed E-state index contributed by atoms with van der Waals surface area (Å²) >= 11 is -1.72. The molecule has 0 saturated heterocycles. The molecule has 3 nitrogen and oxygen atoms in total. The normalized spacial score (nSPS) is 11.2. The molecule has 0 aliphatic heterocycles. The number of benzene rings is 4. The molecule has 0 unspecified atom stereocenters. The van der Waals surface area contributed by atoms with Crippen molar-refractivity contribution in [3.8, 4) is 33.6 Å². The number of nitrogens with zero attached hydrogens (tertiary/aromatic N) is 2. The van der Waals surface area contributed by atoms with Crippen LogP contribution in [0.2, 0.25) is 17.3 Å². The summed E-state index contributed by atoms with van der Waals surface area (Å²) < 4.78 is 7.77. The van der Waals surface area contributed by atoms with E-state index >= 15 is 0 Å². The number of aromatic nitrogens is 2. The van der Waals surface area contributed by atoms with E-state index in [1.54, 1.807) is 0 Å². The maximum absolute atomic E-state index is 6.33. The third kappa shape index (κ3) is 7.20. The summed E-state index contributed by atoms with van der Waals surface area (Å²) in [6, 6.07) is 43.8. The molecule has 0 spiro atoms. The van der Waals surface area contributed by atoms with E-state index in [-0.39, 0.29) is 20.1 Å². The Kier molecular flexibility index (Phi) is 10.2. The van der Waals surface area contributed by atoms with Gasteiger partial charge in [-0.3, -0.25) is 0 Å². The molecule has 0 bridgehead atoms. The van der Waals surface area contributed by atoms with E-state index in [1.165, 1.54) is 21.1 Å². The Hall–Kier alpha value is -3.83. The number of hydrogen-bond donors (Lipinski definition) is 0. The molecule has 3 aromatic heterocycles. The molecule has 0 aliphatic rings. The minimum Gasteiger partial charge on any atom is 0 e. The van der Waals surface area contributed by atoms with Crippen LogP contribution in [0.5, 0.6) is 0 Å². The number of hydrogen-bond acceptors (Lipinski definition) is 3. The third-order valence-electron chi connectivity index (χ3n) is 7.86. The van der Waals surface area contributed by atoms with Crippen LogP contribution in [0.4, 0.5) is 0 Å². The largest absolute Gasteiger partial charge is 0 e. The van der Waals surface area contributed by atoms with Gasteiger partial charge in [0.15, 0.2) is 0 Å². The molecule has 1 radical (unpaired) electrons. The van der Waals surface area contributed by atoms with Crippen LogP contribution in [0.1, 0.15) is 25.3 Å². The van der Waals surface area contributed by atoms with Crippen molar-refractivity contribution in [1.82, 2.24) is 9.97 Å². The summed E-state index contributed by atoms with van der Waals surface area (Å²) in [7, 11) is 0. The molecule has 227 valence electrons. The molecule has 3 heterocycles. The van der Waals surface area contributed by atoms with Gasteiger partial charge in [-0.15, -0.1) is 18.2 Å². The van der Waals surface area contributed by atoms with Crippen molar-refractivity contribution in [2.24, 2.45) is 0 Å². The number of rotatable bonds is 5. The number of furan rings is 1. The average molecular weight is 826 g/mol. The second-order valence-electron chi connectivity index (χ2n) is 12.3. The van der Waals surface area contributed by atoms with Gasteiger partial charge in [-0.05, 0) is 34.9 Å². The second kappa shape index (κ2) is 14.1. The van der Waals surface area contributed by atoms with Crippen LogP contribution < -0.4 is 4.40 Å². The first-order chi connectivity index (χ1) is 21.3. The van der Waals surface area contributed by atoms with Crippen molar-refractivity contribution < 1.29 is 24.5 Å². The van der Waals surface area contributed by atoms with Gasteiger partial charge in [0.2, 0.25) is 0 Å². The van der Waals surface area contributed by atoms with E-state index in [4.69, 9.17) is 4.42 Å². The zero-order valence-electron chi connectivity index (χ0n) is 26.3. The maximum atomic E-state index is 6.33. The van der Waals surface area contributed by atoms with Gasteiger partial charge in [0.1, 0.15) is 5.58 Å². The van der Waals surface area contributed by atoms with Crippen molar-refractivity contribution in [3.05, 3.63) is 139 Å². The molecule has 45 heavy (non-hydrogen) atoms. The van der Waals surface area contributed by atoms with Crippen molar-refractivity contribution in [1.29, 1.82) is 0 Å². The first kappa shape index (κ1) is 32.6. The molecule has 7 aromatic rings.